The number of hydrogen-bond donors (Lipinski definition) is 1. The zero-order chi connectivity index (χ0) is 19.4. The minimum absolute atomic E-state index is 0.0949. The SMILES string of the molecule is CN(C)S(=O)(=O)c1ccccc1CNC(=O)C12CC3CC(CC(Br)(C3)C1)C2. The molecule has 2 unspecified atom stereocenters. The second kappa shape index (κ2) is 6.56. The Morgan fingerprint density at radius 3 is 2.41 bits per heavy atom. The molecule has 0 spiro atoms. The van der Waals surface area contributed by atoms with E-state index in [0.29, 0.717) is 17.4 Å². The molecule has 0 aliphatic heterocycles. The average Bonchev–Trinajstić information content (AvgIpc) is 2.57. The first-order valence-electron chi connectivity index (χ1n) is 9.61. The Hall–Kier alpha value is -0.920. The molecule has 7 heteroatoms. The second-order valence-electron chi connectivity index (χ2n) is 8.97. The lowest BCUT2D eigenvalue weighted by Crippen LogP contribution is -2.58. The number of nitrogens with zero attached hydrogens (tertiary/aromatic N) is 1. The molecule has 5 nitrogen and oxygen atoms in total. The van der Waals surface area contributed by atoms with Crippen molar-refractivity contribution in [2.45, 2.75) is 54.3 Å². The average molecular weight is 455 g/mol. The van der Waals surface area contributed by atoms with Gasteiger partial charge >= 0.3 is 0 Å². The molecule has 4 bridgehead atoms. The molecule has 1 amide bonds. The predicted molar refractivity (Wildman–Crippen MR) is 108 cm³/mol. The fourth-order valence-electron chi connectivity index (χ4n) is 5.88. The fourth-order valence-corrected chi connectivity index (χ4v) is 8.45. The molecular weight excluding hydrogens is 428 g/mol. The van der Waals surface area contributed by atoms with E-state index in [4.69, 9.17) is 0 Å². The summed E-state index contributed by atoms with van der Waals surface area (Å²) in [6.45, 7) is 0.244. The van der Waals surface area contributed by atoms with Gasteiger partial charge in [0.05, 0.1) is 10.3 Å². The third-order valence-corrected chi connectivity index (χ3v) is 9.49. The first-order valence-corrected chi connectivity index (χ1v) is 11.8. The van der Waals surface area contributed by atoms with Gasteiger partial charge in [-0.1, -0.05) is 34.1 Å². The molecule has 0 aromatic heterocycles. The van der Waals surface area contributed by atoms with E-state index in [1.54, 1.807) is 18.2 Å². The van der Waals surface area contributed by atoms with E-state index in [2.05, 4.69) is 21.2 Å². The summed E-state index contributed by atoms with van der Waals surface area (Å²) in [5, 5.41) is 3.08. The van der Waals surface area contributed by atoms with Gasteiger partial charge in [0.2, 0.25) is 15.9 Å². The summed E-state index contributed by atoms with van der Waals surface area (Å²) in [7, 11) is -0.489. The van der Waals surface area contributed by atoms with Gasteiger partial charge in [0.15, 0.2) is 0 Å². The van der Waals surface area contributed by atoms with Crippen molar-refractivity contribution in [2.75, 3.05) is 14.1 Å². The molecule has 148 valence electrons. The van der Waals surface area contributed by atoms with Crippen molar-refractivity contribution in [3.63, 3.8) is 0 Å². The summed E-state index contributed by atoms with van der Waals surface area (Å²) in [6, 6.07) is 6.92. The van der Waals surface area contributed by atoms with Crippen LogP contribution >= 0.6 is 15.9 Å². The highest BCUT2D eigenvalue weighted by Gasteiger charge is 2.59. The van der Waals surface area contributed by atoms with Crippen LogP contribution in [0.2, 0.25) is 0 Å². The highest BCUT2D eigenvalue weighted by Crippen LogP contribution is 2.64. The molecule has 0 radical (unpaired) electrons. The fraction of sp³-hybridized carbons (Fsp3) is 0.650. The summed E-state index contributed by atoms with van der Waals surface area (Å²) < 4.78 is 26.5. The molecule has 4 aliphatic carbocycles. The smallest absolute Gasteiger partial charge is 0.242 e. The predicted octanol–water partition coefficient (Wildman–Crippen LogP) is 3.29. The number of amides is 1. The minimum Gasteiger partial charge on any atom is -0.351 e. The van der Waals surface area contributed by atoms with Gasteiger partial charge in [0.1, 0.15) is 0 Å². The van der Waals surface area contributed by atoms with E-state index < -0.39 is 10.0 Å². The molecule has 5 rings (SSSR count). The van der Waals surface area contributed by atoms with Gasteiger partial charge in [0, 0.05) is 25.0 Å². The molecule has 0 saturated heterocycles. The Bertz CT molecular complexity index is 854. The Kier molecular flexibility index (Phi) is 4.71. The summed E-state index contributed by atoms with van der Waals surface area (Å²) >= 11 is 3.95. The van der Waals surface area contributed by atoms with Crippen molar-refractivity contribution in [2.24, 2.45) is 17.3 Å². The lowest BCUT2D eigenvalue weighted by atomic mass is 9.49. The van der Waals surface area contributed by atoms with E-state index in [0.717, 1.165) is 19.3 Å². The van der Waals surface area contributed by atoms with Crippen LogP contribution in [0.25, 0.3) is 0 Å². The van der Waals surface area contributed by atoms with E-state index in [1.165, 1.54) is 37.7 Å². The van der Waals surface area contributed by atoms with E-state index in [1.807, 2.05) is 6.07 Å². The van der Waals surface area contributed by atoms with Crippen molar-refractivity contribution in [1.29, 1.82) is 0 Å². The van der Waals surface area contributed by atoms with Crippen molar-refractivity contribution in [3.8, 4) is 0 Å². The summed E-state index contributed by atoms with van der Waals surface area (Å²) in [6.07, 6.45) is 6.47. The first-order chi connectivity index (χ1) is 12.6. The van der Waals surface area contributed by atoms with Crippen LogP contribution in [0.15, 0.2) is 29.2 Å². The largest absolute Gasteiger partial charge is 0.351 e. The Morgan fingerprint density at radius 2 is 1.81 bits per heavy atom. The quantitative estimate of drug-likeness (QED) is 0.693. The van der Waals surface area contributed by atoms with E-state index >= 15 is 0 Å². The van der Waals surface area contributed by atoms with E-state index in [-0.39, 0.29) is 27.1 Å². The minimum atomic E-state index is -3.54. The van der Waals surface area contributed by atoms with Crippen LogP contribution in [0, 0.1) is 17.3 Å². The van der Waals surface area contributed by atoms with Crippen LogP contribution in [0.4, 0.5) is 0 Å². The van der Waals surface area contributed by atoms with Crippen LogP contribution in [-0.2, 0) is 21.4 Å². The number of carbonyl (C=O) groups is 1. The number of benzene rings is 1. The number of carbonyl (C=O) groups excluding carboxylic acids is 1. The van der Waals surface area contributed by atoms with Gasteiger partial charge in [-0.25, -0.2) is 12.7 Å². The Morgan fingerprint density at radius 1 is 1.19 bits per heavy atom. The van der Waals surface area contributed by atoms with Crippen LogP contribution in [0.1, 0.15) is 44.1 Å². The van der Waals surface area contributed by atoms with Gasteiger partial charge < -0.3 is 5.32 Å². The zero-order valence-electron chi connectivity index (χ0n) is 15.9. The van der Waals surface area contributed by atoms with Crippen LogP contribution in [0.5, 0.6) is 0 Å². The summed E-state index contributed by atoms with van der Waals surface area (Å²) in [5.41, 5.74) is 0.348. The Labute approximate surface area is 170 Å². The molecule has 27 heavy (non-hydrogen) atoms. The first kappa shape index (κ1) is 19.4. The maximum Gasteiger partial charge on any atom is 0.242 e. The molecule has 4 aliphatic rings. The number of alkyl halides is 1. The molecule has 1 N–H and O–H groups in total. The van der Waals surface area contributed by atoms with Crippen molar-refractivity contribution in [3.05, 3.63) is 29.8 Å². The van der Waals surface area contributed by atoms with Crippen LogP contribution in [-0.4, -0.2) is 37.0 Å². The standard InChI is InChI=1S/C20H27BrN2O3S/c1-23(2)27(25,26)17-6-4-3-5-16(17)12-22-18(24)19-8-14-7-15(9-19)11-20(21,10-14)13-19/h3-6,14-15H,7-13H2,1-2H3,(H,22,24). The topological polar surface area (TPSA) is 66.5 Å². The van der Waals surface area contributed by atoms with Gasteiger partial charge in [-0.05, 0) is 62.0 Å². The number of rotatable bonds is 5. The molecule has 0 heterocycles. The normalized spacial score (nSPS) is 34.8. The number of nitrogens with one attached hydrogen (secondary N) is 1. The second-order valence-corrected chi connectivity index (χ2v) is 12.8. The molecule has 1 aromatic rings. The molecule has 4 fully saturated rings. The van der Waals surface area contributed by atoms with Gasteiger partial charge in [0.25, 0.3) is 0 Å². The monoisotopic (exact) mass is 454 g/mol. The van der Waals surface area contributed by atoms with E-state index in [9.17, 15) is 13.2 Å². The highest BCUT2D eigenvalue weighted by molar-refractivity contribution is 9.10. The highest BCUT2D eigenvalue weighted by atomic mass is 79.9. The maximum absolute atomic E-state index is 13.2. The molecule has 2 atom stereocenters. The van der Waals surface area contributed by atoms with Crippen LogP contribution < -0.4 is 5.32 Å². The third kappa shape index (κ3) is 3.36. The molecule has 1 aromatic carbocycles. The van der Waals surface area contributed by atoms with Crippen molar-refractivity contribution in [1.82, 2.24) is 9.62 Å². The lowest BCUT2D eigenvalue weighted by Gasteiger charge is -2.59. The lowest BCUT2D eigenvalue weighted by molar-refractivity contribution is -0.144. The number of hydrogen-bond acceptors (Lipinski definition) is 3. The maximum atomic E-state index is 13.2. The molecule has 4 saturated carbocycles. The van der Waals surface area contributed by atoms with Crippen molar-refractivity contribution < 1.29 is 13.2 Å². The summed E-state index contributed by atoms with van der Waals surface area (Å²) in [5.74, 6) is 1.37. The third-order valence-electron chi connectivity index (χ3n) is 6.64. The Balaban J connectivity index is 1.53. The van der Waals surface area contributed by atoms with Gasteiger partial charge in [-0.15, -0.1) is 0 Å². The number of halogens is 1. The van der Waals surface area contributed by atoms with Gasteiger partial charge in [-0.2, -0.15) is 0 Å². The molecular formula is C20H27BrN2O3S. The number of sulfonamides is 1. The summed E-state index contributed by atoms with van der Waals surface area (Å²) in [4.78, 5) is 13.5. The van der Waals surface area contributed by atoms with Crippen LogP contribution in [0.3, 0.4) is 0 Å². The van der Waals surface area contributed by atoms with Gasteiger partial charge in [-0.3, -0.25) is 4.79 Å². The van der Waals surface area contributed by atoms with Crippen molar-refractivity contribution >= 4 is 31.9 Å². The zero-order valence-corrected chi connectivity index (χ0v) is 18.3.